The fourth-order valence-electron chi connectivity index (χ4n) is 5.27. The minimum atomic E-state index is -3.40. The molecule has 1 aromatic carbocycles. The summed E-state index contributed by atoms with van der Waals surface area (Å²) in [6, 6.07) is 2.98. The summed E-state index contributed by atoms with van der Waals surface area (Å²) in [6.45, 7) is 2.81. The number of piperidine rings is 1. The summed E-state index contributed by atoms with van der Waals surface area (Å²) >= 11 is 6.41. The standard InChI is InChI=1S/C22H31ClN2O5S/c1-14-17(23)9-10-20-22(14)15-5-7-16(8-6-15)29-12-19-18(24-31(2,27)28)4-3-11-25(19)21(26)13-30-20/h9-10,15-16,18-19,24H,3-8,11-13H2,1-2H3/t15?,16?,18?,19-/m0/s1. The van der Waals surface area contributed by atoms with Crippen LogP contribution in [0.15, 0.2) is 12.1 Å². The zero-order valence-corrected chi connectivity index (χ0v) is 19.7. The van der Waals surface area contributed by atoms with Gasteiger partial charge in [0.25, 0.3) is 5.91 Å². The van der Waals surface area contributed by atoms with Gasteiger partial charge >= 0.3 is 0 Å². The molecule has 1 unspecified atom stereocenters. The maximum Gasteiger partial charge on any atom is 0.260 e. The van der Waals surface area contributed by atoms with Crippen molar-refractivity contribution < 1.29 is 22.7 Å². The molecule has 172 valence electrons. The molecule has 3 heterocycles. The van der Waals surface area contributed by atoms with Crippen LogP contribution in [0.1, 0.15) is 55.6 Å². The minimum absolute atomic E-state index is 0.0910. The van der Waals surface area contributed by atoms with Gasteiger partial charge in [-0.05, 0) is 69.1 Å². The molecule has 4 aliphatic rings. The number of hydrogen-bond donors (Lipinski definition) is 1. The summed E-state index contributed by atoms with van der Waals surface area (Å²) in [7, 11) is -3.40. The zero-order chi connectivity index (χ0) is 22.2. The van der Waals surface area contributed by atoms with E-state index in [-0.39, 0.29) is 30.7 Å². The van der Waals surface area contributed by atoms with Crippen LogP contribution in [0.4, 0.5) is 0 Å². The number of rotatable bonds is 2. The van der Waals surface area contributed by atoms with Crippen LogP contribution in [0.5, 0.6) is 5.75 Å². The number of carbonyl (C=O) groups excluding carboxylic acids is 1. The number of nitrogens with zero attached hydrogens (tertiary/aromatic N) is 1. The predicted molar refractivity (Wildman–Crippen MR) is 119 cm³/mol. The van der Waals surface area contributed by atoms with E-state index in [2.05, 4.69) is 4.72 Å². The van der Waals surface area contributed by atoms with Gasteiger partial charge in [0.05, 0.1) is 25.0 Å². The Hall–Kier alpha value is -1.35. The zero-order valence-electron chi connectivity index (χ0n) is 18.1. The van der Waals surface area contributed by atoms with Gasteiger partial charge in [-0.2, -0.15) is 0 Å². The fourth-order valence-corrected chi connectivity index (χ4v) is 6.26. The van der Waals surface area contributed by atoms with Gasteiger partial charge in [-0.25, -0.2) is 13.1 Å². The monoisotopic (exact) mass is 470 g/mol. The average Bonchev–Trinajstić information content (AvgIpc) is 2.73. The molecule has 5 rings (SSSR count). The minimum Gasteiger partial charge on any atom is -0.483 e. The Kier molecular flexibility index (Phi) is 6.82. The van der Waals surface area contributed by atoms with Crippen molar-refractivity contribution in [2.75, 3.05) is 26.0 Å². The van der Waals surface area contributed by atoms with Gasteiger partial charge in [-0.15, -0.1) is 0 Å². The molecule has 0 radical (unpaired) electrons. The van der Waals surface area contributed by atoms with Gasteiger partial charge in [-0.1, -0.05) is 11.6 Å². The van der Waals surface area contributed by atoms with E-state index in [0.29, 0.717) is 30.5 Å². The molecule has 1 saturated heterocycles. The second-order valence-electron chi connectivity index (χ2n) is 8.97. The van der Waals surface area contributed by atoms with Crippen LogP contribution in [0.2, 0.25) is 5.02 Å². The number of fused-ring (bicyclic) bond motifs is 5. The molecule has 1 aliphatic carbocycles. The lowest BCUT2D eigenvalue weighted by molar-refractivity contribution is -0.140. The molecule has 0 aromatic heterocycles. The molecule has 1 N–H and O–H groups in total. The topological polar surface area (TPSA) is 84.9 Å². The van der Waals surface area contributed by atoms with Crippen molar-refractivity contribution in [2.24, 2.45) is 0 Å². The Bertz CT molecular complexity index is 930. The number of benzene rings is 1. The molecule has 31 heavy (non-hydrogen) atoms. The second kappa shape index (κ2) is 9.25. The van der Waals surface area contributed by atoms with Crippen LogP contribution in [0, 0.1) is 6.92 Å². The number of sulfonamides is 1. The maximum atomic E-state index is 13.1. The third kappa shape index (κ3) is 5.18. The molecular weight excluding hydrogens is 440 g/mol. The number of hydrogen-bond acceptors (Lipinski definition) is 5. The van der Waals surface area contributed by atoms with E-state index >= 15 is 0 Å². The molecular formula is C22H31ClN2O5S. The quantitative estimate of drug-likeness (QED) is 0.718. The van der Waals surface area contributed by atoms with Crippen LogP contribution in [0.25, 0.3) is 0 Å². The summed E-state index contributed by atoms with van der Waals surface area (Å²) in [4.78, 5) is 14.9. The average molecular weight is 471 g/mol. The summed E-state index contributed by atoms with van der Waals surface area (Å²) < 4.78 is 38.8. The van der Waals surface area contributed by atoms with Crippen molar-refractivity contribution in [3.63, 3.8) is 0 Å². The van der Waals surface area contributed by atoms with E-state index in [4.69, 9.17) is 21.1 Å². The number of halogens is 1. The normalized spacial score (nSPS) is 29.8. The molecule has 2 bridgehead atoms. The van der Waals surface area contributed by atoms with Crippen LogP contribution >= 0.6 is 11.6 Å². The van der Waals surface area contributed by atoms with Crippen LogP contribution in [-0.4, -0.2) is 63.4 Å². The van der Waals surface area contributed by atoms with Crippen LogP contribution < -0.4 is 9.46 Å². The SMILES string of the molecule is Cc1c(Cl)ccc2c1C1CCC(CC1)OC[C@H]1C(NS(C)(=O)=O)CCCN1C(=O)CO2. The Labute approximate surface area is 189 Å². The molecule has 0 spiro atoms. The van der Waals surface area contributed by atoms with Crippen LogP contribution in [0.3, 0.4) is 0 Å². The predicted octanol–water partition coefficient (Wildman–Crippen LogP) is 2.99. The van der Waals surface area contributed by atoms with Crippen molar-refractivity contribution >= 4 is 27.5 Å². The maximum absolute atomic E-state index is 13.1. The second-order valence-corrected chi connectivity index (χ2v) is 11.2. The van der Waals surface area contributed by atoms with Crippen molar-refractivity contribution in [3.8, 4) is 5.75 Å². The summed E-state index contributed by atoms with van der Waals surface area (Å²) in [6.07, 6.45) is 6.44. The van der Waals surface area contributed by atoms with Gasteiger partial charge in [0.2, 0.25) is 10.0 Å². The summed E-state index contributed by atoms with van der Waals surface area (Å²) in [5, 5.41) is 0.710. The third-order valence-electron chi connectivity index (χ3n) is 6.81. The number of nitrogens with one attached hydrogen (secondary N) is 1. The van der Waals surface area contributed by atoms with Crippen molar-refractivity contribution in [1.82, 2.24) is 9.62 Å². The van der Waals surface area contributed by atoms with E-state index in [9.17, 15) is 13.2 Å². The van der Waals surface area contributed by atoms with E-state index < -0.39 is 10.0 Å². The highest BCUT2D eigenvalue weighted by molar-refractivity contribution is 7.88. The third-order valence-corrected chi connectivity index (χ3v) is 7.95. The number of carbonyl (C=O) groups is 1. The Morgan fingerprint density at radius 3 is 2.61 bits per heavy atom. The molecule has 1 amide bonds. The molecule has 1 saturated carbocycles. The Morgan fingerprint density at radius 2 is 1.90 bits per heavy atom. The first-order valence-corrected chi connectivity index (χ1v) is 13.3. The van der Waals surface area contributed by atoms with E-state index in [0.717, 1.165) is 55.2 Å². The highest BCUT2D eigenvalue weighted by Gasteiger charge is 2.38. The first-order valence-electron chi connectivity index (χ1n) is 11.0. The Morgan fingerprint density at radius 1 is 1.16 bits per heavy atom. The largest absolute Gasteiger partial charge is 0.483 e. The molecule has 3 aliphatic heterocycles. The van der Waals surface area contributed by atoms with E-state index in [1.165, 1.54) is 0 Å². The molecule has 2 atom stereocenters. The number of ether oxygens (including phenoxy) is 2. The van der Waals surface area contributed by atoms with Gasteiger partial charge in [0, 0.05) is 23.2 Å². The first kappa shape index (κ1) is 22.8. The van der Waals surface area contributed by atoms with Crippen molar-refractivity contribution in [2.45, 2.75) is 69.6 Å². The molecule has 9 heteroatoms. The fraction of sp³-hybridized carbons (Fsp3) is 0.682. The lowest BCUT2D eigenvalue weighted by Gasteiger charge is -2.41. The summed E-state index contributed by atoms with van der Waals surface area (Å²) in [5.74, 6) is 0.892. The van der Waals surface area contributed by atoms with Gasteiger partial charge in [0.15, 0.2) is 6.61 Å². The van der Waals surface area contributed by atoms with Crippen LogP contribution in [-0.2, 0) is 19.6 Å². The van der Waals surface area contributed by atoms with Gasteiger partial charge < -0.3 is 14.4 Å². The molecule has 7 nitrogen and oxygen atoms in total. The highest BCUT2D eigenvalue weighted by Crippen LogP contribution is 2.42. The van der Waals surface area contributed by atoms with Gasteiger partial charge in [-0.3, -0.25) is 4.79 Å². The molecule has 2 fully saturated rings. The Balaban J connectivity index is 1.65. The van der Waals surface area contributed by atoms with Crippen molar-refractivity contribution in [1.29, 1.82) is 0 Å². The van der Waals surface area contributed by atoms with E-state index in [1.807, 2.05) is 19.1 Å². The number of amides is 1. The summed E-state index contributed by atoms with van der Waals surface area (Å²) in [5.41, 5.74) is 2.11. The highest BCUT2D eigenvalue weighted by atomic mass is 35.5. The lowest BCUT2D eigenvalue weighted by Crippen LogP contribution is -2.59. The first-order chi connectivity index (χ1) is 14.7. The van der Waals surface area contributed by atoms with Gasteiger partial charge in [0.1, 0.15) is 5.75 Å². The van der Waals surface area contributed by atoms with Crippen molar-refractivity contribution in [3.05, 3.63) is 28.3 Å². The molecule has 1 aromatic rings. The van der Waals surface area contributed by atoms with E-state index in [1.54, 1.807) is 4.90 Å². The smallest absolute Gasteiger partial charge is 0.260 e. The lowest BCUT2D eigenvalue weighted by atomic mass is 9.80.